The molecule has 1 saturated carbocycles. The number of hydrogen-bond acceptors (Lipinski definition) is 4. The molecule has 2 N–H and O–H groups in total. The minimum absolute atomic E-state index is 0.0412. The molecule has 0 radical (unpaired) electrons. The summed E-state index contributed by atoms with van der Waals surface area (Å²) in [6.45, 7) is 2.90. The monoisotopic (exact) mass is 303 g/mol. The van der Waals surface area contributed by atoms with Gasteiger partial charge in [-0.3, -0.25) is 0 Å². The highest BCUT2D eigenvalue weighted by molar-refractivity contribution is 5.91. The number of hydrogen-bond donors (Lipinski definition) is 2. The van der Waals surface area contributed by atoms with Gasteiger partial charge in [-0.15, -0.1) is 0 Å². The number of amides is 2. The number of nitrogens with zero attached hydrogens (tertiary/aromatic N) is 2. The maximum absolute atomic E-state index is 12.2. The Morgan fingerprint density at radius 1 is 1.45 bits per heavy atom. The highest BCUT2D eigenvalue weighted by Crippen LogP contribution is 2.40. The molecule has 0 aliphatic heterocycles. The van der Waals surface area contributed by atoms with Crippen LogP contribution in [0, 0.1) is 0 Å². The molecule has 1 aliphatic rings. The number of rotatable bonds is 6. The van der Waals surface area contributed by atoms with Gasteiger partial charge in [-0.25, -0.2) is 9.78 Å². The van der Waals surface area contributed by atoms with E-state index < -0.39 is 0 Å². The number of aliphatic hydroxyl groups excluding tert-OH is 1. The first-order chi connectivity index (χ1) is 10.7. The summed E-state index contributed by atoms with van der Waals surface area (Å²) in [6, 6.07) is 5.26. The third kappa shape index (κ3) is 3.22. The minimum Gasteiger partial charge on any atom is -0.440 e. The van der Waals surface area contributed by atoms with Crippen molar-refractivity contribution in [2.45, 2.75) is 32.1 Å². The van der Waals surface area contributed by atoms with Crippen LogP contribution >= 0.6 is 0 Å². The van der Waals surface area contributed by atoms with Gasteiger partial charge in [0, 0.05) is 24.7 Å². The Hall–Kier alpha value is -2.08. The zero-order valence-electron chi connectivity index (χ0n) is 12.7. The zero-order chi connectivity index (χ0) is 15.5. The van der Waals surface area contributed by atoms with Crippen LogP contribution in [0.2, 0.25) is 0 Å². The van der Waals surface area contributed by atoms with Crippen LogP contribution < -0.4 is 5.32 Å². The van der Waals surface area contributed by atoms with Crippen LogP contribution in [-0.2, 0) is 0 Å². The lowest BCUT2D eigenvalue weighted by atomic mass is 10.3. The summed E-state index contributed by atoms with van der Waals surface area (Å²) in [6.07, 6.45) is 3.13. The average molecular weight is 303 g/mol. The van der Waals surface area contributed by atoms with Crippen molar-refractivity contribution in [3.8, 4) is 0 Å². The van der Waals surface area contributed by atoms with Crippen LogP contribution in [0.1, 0.15) is 38.0 Å². The molecule has 1 fully saturated rings. The van der Waals surface area contributed by atoms with Gasteiger partial charge in [-0.05, 0) is 37.5 Å². The number of anilines is 1. The number of benzene rings is 1. The number of carbonyl (C=O) groups is 1. The molecule has 1 heterocycles. The van der Waals surface area contributed by atoms with Gasteiger partial charge in [0.25, 0.3) is 0 Å². The number of aliphatic hydroxyl groups is 1. The Labute approximate surface area is 129 Å². The SMILES string of the molecule is CCCN(CCO)C(=O)Nc1ccc2oc(C3CC3)nc2c1. The van der Waals surface area contributed by atoms with Crippen molar-refractivity contribution in [3.05, 3.63) is 24.1 Å². The fourth-order valence-electron chi connectivity index (χ4n) is 2.44. The van der Waals surface area contributed by atoms with Crippen LogP contribution in [0.15, 0.2) is 22.6 Å². The Morgan fingerprint density at radius 2 is 2.27 bits per heavy atom. The van der Waals surface area contributed by atoms with Gasteiger partial charge in [0.05, 0.1) is 6.61 Å². The molecule has 0 unspecified atom stereocenters. The van der Waals surface area contributed by atoms with E-state index in [0.717, 1.165) is 36.3 Å². The summed E-state index contributed by atoms with van der Waals surface area (Å²) in [5.74, 6) is 1.27. The van der Waals surface area contributed by atoms with E-state index in [2.05, 4.69) is 10.3 Å². The molecular weight excluding hydrogens is 282 g/mol. The van der Waals surface area contributed by atoms with Gasteiger partial charge >= 0.3 is 6.03 Å². The molecule has 0 spiro atoms. The largest absolute Gasteiger partial charge is 0.440 e. The highest BCUT2D eigenvalue weighted by atomic mass is 16.3. The van der Waals surface area contributed by atoms with E-state index >= 15 is 0 Å². The van der Waals surface area contributed by atoms with Crippen molar-refractivity contribution < 1.29 is 14.3 Å². The third-order valence-electron chi connectivity index (χ3n) is 3.73. The molecule has 3 rings (SSSR count). The fraction of sp³-hybridized carbons (Fsp3) is 0.500. The van der Waals surface area contributed by atoms with Gasteiger partial charge < -0.3 is 19.7 Å². The maximum atomic E-state index is 12.2. The number of carbonyl (C=O) groups excluding carboxylic acids is 1. The summed E-state index contributed by atoms with van der Waals surface area (Å²) in [5, 5.41) is 11.9. The summed E-state index contributed by atoms with van der Waals surface area (Å²) < 4.78 is 5.71. The molecule has 0 saturated heterocycles. The predicted octanol–water partition coefficient (Wildman–Crippen LogP) is 2.94. The molecule has 6 nitrogen and oxygen atoms in total. The van der Waals surface area contributed by atoms with Crippen molar-refractivity contribution >= 4 is 22.8 Å². The molecule has 22 heavy (non-hydrogen) atoms. The van der Waals surface area contributed by atoms with Crippen molar-refractivity contribution in [3.63, 3.8) is 0 Å². The predicted molar refractivity (Wildman–Crippen MR) is 84.0 cm³/mol. The lowest BCUT2D eigenvalue weighted by Gasteiger charge is -2.21. The van der Waals surface area contributed by atoms with Crippen LogP contribution in [-0.4, -0.2) is 40.7 Å². The molecule has 0 atom stereocenters. The molecule has 1 aromatic carbocycles. The van der Waals surface area contributed by atoms with Gasteiger partial charge in [0.15, 0.2) is 11.5 Å². The summed E-state index contributed by atoms with van der Waals surface area (Å²) >= 11 is 0. The molecular formula is C16H21N3O3. The molecule has 1 aliphatic carbocycles. The average Bonchev–Trinajstić information content (AvgIpc) is 3.27. The van der Waals surface area contributed by atoms with Crippen molar-refractivity contribution in [2.24, 2.45) is 0 Å². The van der Waals surface area contributed by atoms with Crippen molar-refractivity contribution in [2.75, 3.05) is 25.0 Å². The molecule has 118 valence electrons. The minimum atomic E-state index is -0.207. The van der Waals surface area contributed by atoms with E-state index in [0.29, 0.717) is 24.7 Å². The molecule has 1 aromatic heterocycles. The van der Waals surface area contributed by atoms with E-state index in [1.807, 2.05) is 25.1 Å². The quantitative estimate of drug-likeness (QED) is 0.860. The second kappa shape index (κ2) is 6.36. The topological polar surface area (TPSA) is 78.6 Å². The maximum Gasteiger partial charge on any atom is 0.321 e. The zero-order valence-corrected chi connectivity index (χ0v) is 12.7. The first-order valence-electron chi connectivity index (χ1n) is 7.78. The summed E-state index contributed by atoms with van der Waals surface area (Å²) in [7, 11) is 0. The fourth-order valence-corrected chi connectivity index (χ4v) is 2.44. The molecule has 2 amide bonds. The summed E-state index contributed by atoms with van der Waals surface area (Å²) in [5.41, 5.74) is 2.21. The van der Waals surface area contributed by atoms with Crippen LogP contribution in [0.4, 0.5) is 10.5 Å². The van der Waals surface area contributed by atoms with Crippen LogP contribution in [0.25, 0.3) is 11.1 Å². The number of fused-ring (bicyclic) bond motifs is 1. The van der Waals surface area contributed by atoms with Gasteiger partial charge in [-0.1, -0.05) is 6.92 Å². The molecule has 2 aromatic rings. The van der Waals surface area contributed by atoms with E-state index in [9.17, 15) is 4.79 Å². The smallest absolute Gasteiger partial charge is 0.321 e. The van der Waals surface area contributed by atoms with Crippen LogP contribution in [0.5, 0.6) is 0 Å². The van der Waals surface area contributed by atoms with Gasteiger partial charge in [-0.2, -0.15) is 0 Å². The lowest BCUT2D eigenvalue weighted by Crippen LogP contribution is -2.37. The third-order valence-corrected chi connectivity index (χ3v) is 3.73. The van der Waals surface area contributed by atoms with Crippen molar-refractivity contribution in [1.82, 2.24) is 9.88 Å². The normalized spacial score (nSPS) is 14.3. The van der Waals surface area contributed by atoms with E-state index in [1.165, 1.54) is 0 Å². The van der Waals surface area contributed by atoms with Crippen molar-refractivity contribution in [1.29, 1.82) is 0 Å². The van der Waals surface area contributed by atoms with Gasteiger partial charge in [0.1, 0.15) is 5.52 Å². The number of urea groups is 1. The Kier molecular flexibility index (Phi) is 4.29. The number of aromatic nitrogens is 1. The Balaban J connectivity index is 1.73. The van der Waals surface area contributed by atoms with Crippen LogP contribution in [0.3, 0.4) is 0 Å². The number of nitrogens with one attached hydrogen (secondary N) is 1. The molecule has 6 heteroatoms. The second-order valence-electron chi connectivity index (χ2n) is 5.65. The standard InChI is InChI=1S/C16H21N3O3/c1-2-7-19(8-9-20)16(21)17-12-5-6-14-13(10-12)18-15(22-14)11-3-4-11/h5-6,10-11,20H,2-4,7-9H2,1H3,(H,17,21). The first kappa shape index (κ1) is 14.8. The highest BCUT2D eigenvalue weighted by Gasteiger charge is 2.28. The second-order valence-corrected chi connectivity index (χ2v) is 5.65. The summed E-state index contributed by atoms with van der Waals surface area (Å²) in [4.78, 5) is 18.3. The number of oxazole rings is 1. The van der Waals surface area contributed by atoms with E-state index in [-0.39, 0.29) is 12.6 Å². The van der Waals surface area contributed by atoms with E-state index in [4.69, 9.17) is 9.52 Å². The van der Waals surface area contributed by atoms with Gasteiger partial charge in [0.2, 0.25) is 0 Å². The lowest BCUT2D eigenvalue weighted by molar-refractivity contribution is 0.188. The Morgan fingerprint density at radius 3 is 2.95 bits per heavy atom. The Bertz CT molecular complexity index is 658. The van der Waals surface area contributed by atoms with E-state index in [1.54, 1.807) is 4.90 Å². The first-order valence-corrected chi connectivity index (χ1v) is 7.78. The molecule has 0 bridgehead atoms.